The molecule has 5 nitrogen and oxygen atoms in total. The molecule has 21 heavy (non-hydrogen) atoms. The number of urea groups is 1. The van der Waals surface area contributed by atoms with Crippen LogP contribution < -0.4 is 16.4 Å². The number of nitrogens with one attached hydrogen (secondary N) is 2. The Balaban J connectivity index is 2.33. The van der Waals surface area contributed by atoms with Gasteiger partial charge in [0.15, 0.2) is 0 Å². The Morgan fingerprint density at radius 3 is 2.48 bits per heavy atom. The van der Waals surface area contributed by atoms with Gasteiger partial charge in [0, 0.05) is 17.4 Å². The van der Waals surface area contributed by atoms with E-state index in [4.69, 9.17) is 5.73 Å². The summed E-state index contributed by atoms with van der Waals surface area (Å²) in [6, 6.07) is 9.30. The number of amides is 3. The van der Waals surface area contributed by atoms with Gasteiger partial charge in [-0.2, -0.15) is 0 Å². The fourth-order valence-electron chi connectivity index (χ4n) is 2.13. The number of hydrogen-bond donors (Lipinski definition) is 3. The zero-order chi connectivity index (χ0) is 15.5. The first-order valence-corrected chi connectivity index (χ1v) is 7.71. The normalized spacial score (nSPS) is 21.0. The molecule has 0 saturated carbocycles. The lowest BCUT2D eigenvalue weighted by molar-refractivity contribution is -0.114. The van der Waals surface area contributed by atoms with Crippen LogP contribution in [0.25, 0.3) is 0 Å². The molecule has 1 aliphatic rings. The average Bonchev–Trinajstić information content (AvgIpc) is 2.84. The van der Waals surface area contributed by atoms with Crippen LogP contribution in [0.1, 0.15) is 19.4 Å². The van der Waals surface area contributed by atoms with Gasteiger partial charge in [0.1, 0.15) is 4.87 Å². The van der Waals surface area contributed by atoms with Crippen molar-refractivity contribution in [2.24, 2.45) is 5.73 Å². The Morgan fingerprint density at radius 1 is 1.29 bits per heavy atom. The van der Waals surface area contributed by atoms with Gasteiger partial charge in [-0.15, -0.1) is 11.8 Å². The van der Waals surface area contributed by atoms with Crippen molar-refractivity contribution in [1.82, 2.24) is 10.6 Å². The topological polar surface area (TPSA) is 84.2 Å². The van der Waals surface area contributed by atoms with E-state index in [9.17, 15) is 9.59 Å². The summed E-state index contributed by atoms with van der Waals surface area (Å²) in [7, 11) is 0. The molecule has 1 aromatic rings. The van der Waals surface area contributed by atoms with Crippen molar-refractivity contribution in [3.8, 4) is 0 Å². The van der Waals surface area contributed by atoms with Crippen LogP contribution in [0.5, 0.6) is 0 Å². The molecule has 1 atom stereocenters. The van der Waals surface area contributed by atoms with Crippen molar-refractivity contribution < 1.29 is 9.59 Å². The predicted molar refractivity (Wildman–Crippen MR) is 84.7 cm³/mol. The smallest absolute Gasteiger partial charge is 0.316 e. The Kier molecular flexibility index (Phi) is 4.57. The molecule has 1 aromatic carbocycles. The van der Waals surface area contributed by atoms with Crippen molar-refractivity contribution in [2.75, 3.05) is 5.75 Å². The molecule has 0 fully saturated rings. The van der Waals surface area contributed by atoms with Crippen LogP contribution in [0, 0.1) is 0 Å². The Bertz CT molecular complexity index is 572. The van der Waals surface area contributed by atoms with Crippen LogP contribution in [0.4, 0.5) is 4.79 Å². The molecule has 0 saturated heterocycles. The van der Waals surface area contributed by atoms with E-state index in [0.717, 1.165) is 5.56 Å². The largest absolute Gasteiger partial charge is 0.366 e. The number of nitrogens with two attached hydrogens (primary N) is 1. The minimum Gasteiger partial charge on any atom is -0.366 e. The Morgan fingerprint density at radius 2 is 1.95 bits per heavy atom. The first-order valence-electron chi connectivity index (χ1n) is 6.72. The molecule has 0 radical (unpaired) electrons. The summed E-state index contributed by atoms with van der Waals surface area (Å²) in [4.78, 5) is 22.7. The van der Waals surface area contributed by atoms with Gasteiger partial charge < -0.3 is 16.4 Å². The third kappa shape index (κ3) is 3.58. The molecule has 0 aliphatic carbocycles. The van der Waals surface area contributed by atoms with Gasteiger partial charge in [0.25, 0.3) is 0 Å². The SMILES string of the molecule is CC(C)NC(=O)NC1(c2ccccc2)C=C(C(N)=O)CS1. The summed E-state index contributed by atoms with van der Waals surface area (Å²) >= 11 is 1.47. The van der Waals surface area contributed by atoms with Crippen molar-refractivity contribution in [3.05, 3.63) is 47.5 Å². The van der Waals surface area contributed by atoms with Crippen molar-refractivity contribution in [2.45, 2.75) is 24.8 Å². The summed E-state index contributed by atoms with van der Waals surface area (Å²) in [5, 5.41) is 5.75. The van der Waals surface area contributed by atoms with E-state index in [1.807, 2.05) is 44.2 Å². The molecule has 1 aliphatic heterocycles. The monoisotopic (exact) mass is 305 g/mol. The molecule has 112 valence electrons. The number of hydrogen-bond acceptors (Lipinski definition) is 3. The fraction of sp³-hybridized carbons (Fsp3) is 0.333. The molecule has 2 rings (SSSR count). The van der Waals surface area contributed by atoms with Gasteiger partial charge in [0.2, 0.25) is 5.91 Å². The fourth-order valence-corrected chi connectivity index (χ4v) is 3.43. The van der Waals surface area contributed by atoms with E-state index in [1.54, 1.807) is 6.08 Å². The first-order chi connectivity index (χ1) is 9.93. The van der Waals surface area contributed by atoms with E-state index < -0.39 is 10.8 Å². The summed E-state index contributed by atoms with van der Waals surface area (Å²) in [5.41, 5.74) is 6.79. The second-order valence-corrected chi connectivity index (χ2v) is 6.40. The van der Waals surface area contributed by atoms with Gasteiger partial charge in [-0.1, -0.05) is 30.3 Å². The maximum atomic E-state index is 12.1. The lowest BCUT2D eigenvalue weighted by Gasteiger charge is -2.29. The van der Waals surface area contributed by atoms with E-state index in [0.29, 0.717) is 11.3 Å². The van der Waals surface area contributed by atoms with E-state index in [2.05, 4.69) is 10.6 Å². The lowest BCUT2D eigenvalue weighted by Crippen LogP contribution is -2.48. The minimum absolute atomic E-state index is 0.0313. The molecule has 0 aromatic heterocycles. The highest BCUT2D eigenvalue weighted by Gasteiger charge is 2.38. The standard InChI is InChI=1S/C15H19N3O2S/c1-10(2)17-14(20)18-15(12-6-4-3-5-7-12)8-11(9-21-15)13(16)19/h3-8,10H,9H2,1-2H3,(H2,16,19)(H2,17,18,20). The minimum atomic E-state index is -0.759. The summed E-state index contributed by atoms with van der Waals surface area (Å²) in [6.45, 7) is 3.78. The van der Waals surface area contributed by atoms with Crippen LogP contribution in [0.3, 0.4) is 0 Å². The van der Waals surface area contributed by atoms with Crippen molar-refractivity contribution in [3.63, 3.8) is 0 Å². The molecule has 0 spiro atoms. The molecular weight excluding hydrogens is 286 g/mol. The van der Waals surface area contributed by atoms with Gasteiger partial charge in [-0.25, -0.2) is 4.79 Å². The highest BCUT2D eigenvalue weighted by molar-refractivity contribution is 8.00. The summed E-state index contributed by atoms with van der Waals surface area (Å²) in [5.74, 6) is 0.0259. The van der Waals surface area contributed by atoms with Gasteiger partial charge in [-0.05, 0) is 25.5 Å². The zero-order valence-corrected chi connectivity index (χ0v) is 12.9. The second kappa shape index (κ2) is 6.22. The van der Waals surface area contributed by atoms with Crippen LogP contribution >= 0.6 is 11.8 Å². The molecule has 1 heterocycles. The molecule has 0 bridgehead atoms. The summed E-state index contributed by atoms with van der Waals surface area (Å²) < 4.78 is 0. The summed E-state index contributed by atoms with van der Waals surface area (Å²) in [6.07, 6.45) is 1.75. The predicted octanol–water partition coefficient (Wildman–Crippen LogP) is 1.71. The van der Waals surface area contributed by atoms with Crippen molar-refractivity contribution in [1.29, 1.82) is 0 Å². The quantitative estimate of drug-likeness (QED) is 0.791. The zero-order valence-electron chi connectivity index (χ0n) is 12.1. The lowest BCUT2D eigenvalue weighted by atomic mass is 10.0. The Labute approximate surface area is 128 Å². The molecule has 6 heteroatoms. The van der Waals surface area contributed by atoms with Crippen LogP contribution in [0.2, 0.25) is 0 Å². The number of carbonyl (C=O) groups is 2. The third-order valence-corrected chi connectivity index (χ3v) is 4.44. The van der Waals surface area contributed by atoms with Gasteiger partial charge >= 0.3 is 6.03 Å². The third-order valence-electron chi connectivity index (χ3n) is 3.07. The number of primary amides is 1. The van der Waals surface area contributed by atoms with Crippen LogP contribution in [0.15, 0.2) is 42.0 Å². The van der Waals surface area contributed by atoms with Crippen LogP contribution in [-0.4, -0.2) is 23.7 Å². The van der Waals surface area contributed by atoms with Gasteiger partial charge in [0.05, 0.1) is 0 Å². The van der Waals surface area contributed by atoms with Gasteiger partial charge in [-0.3, -0.25) is 4.79 Å². The maximum Gasteiger partial charge on any atom is 0.316 e. The second-order valence-electron chi connectivity index (χ2n) is 5.18. The number of benzene rings is 1. The van der Waals surface area contributed by atoms with E-state index in [-0.39, 0.29) is 12.1 Å². The first kappa shape index (κ1) is 15.4. The van der Waals surface area contributed by atoms with E-state index in [1.165, 1.54) is 11.8 Å². The maximum absolute atomic E-state index is 12.1. The van der Waals surface area contributed by atoms with Crippen molar-refractivity contribution >= 4 is 23.7 Å². The van der Waals surface area contributed by atoms with E-state index >= 15 is 0 Å². The van der Waals surface area contributed by atoms with Crippen LogP contribution in [-0.2, 0) is 9.67 Å². The molecule has 4 N–H and O–H groups in total. The Hall–Kier alpha value is -1.95. The molecule has 1 unspecified atom stereocenters. The highest BCUT2D eigenvalue weighted by Crippen LogP contribution is 2.42. The number of thioether (sulfide) groups is 1. The average molecular weight is 305 g/mol. The molecule has 3 amide bonds. The highest BCUT2D eigenvalue weighted by atomic mass is 32.2. The number of rotatable bonds is 4. The molecular formula is C15H19N3O2S. The number of carbonyl (C=O) groups excluding carboxylic acids is 2.